The molecule has 1 aliphatic rings. The second-order valence-corrected chi connectivity index (χ2v) is 6.13. The third-order valence-corrected chi connectivity index (χ3v) is 4.27. The van der Waals surface area contributed by atoms with Crippen molar-refractivity contribution >= 4 is 11.8 Å². The molecule has 0 unspecified atom stereocenters. The number of carboxylic acids is 1. The lowest BCUT2D eigenvalue weighted by Crippen LogP contribution is -2.18. The standard InChI is InChI=1S/C18H28O5/c1-2-13(19)10-11-15-14(16(20)12-17(15)21)8-6-4-3-5-7-9-18(22)23/h4,6,10-11,13-15,17,19,21H,2-3,5,7-9,12H2,1H3,(H,22,23)/b6-4-,11-10+/t13-,14-,15+,17-/m0/s1. The van der Waals surface area contributed by atoms with Crippen LogP contribution in [-0.4, -0.2) is 39.3 Å². The first-order valence-electron chi connectivity index (χ1n) is 8.39. The van der Waals surface area contributed by atoms with E-state index in [1.54, 1.807) is 12.2 Å². The molecule has 5 heteroatoms. The number of carboxylic acid groups (broad SMARTS) is 1. The Morgan fingerprint density at radius 3 is 2.74 bits per heavy atom. The van der Waals surface area contributed by atoms with Crippen molar-refractivity contribution in [3.63, 3.8) is 0 Å². The number of carbonyl (C=O) groups excluding carboxylic acids is 1. The lowest BCUT2D eigenvalue weighted by molar-refractivity contribution is -0.137. The summed E-state index contributed by atoms with van der Waals surface area (Å²) < 4.78 is 0. The molecule has 1 aliphatic carbocycles. The van der Waals surface area contributed by atoms with E-state index in [2.05, 4.69) is 0 Å². The van der Waals surface area contributed by atoms with Crippen LogP contribution < -0.4 is 0 Å². The highest BCUT2D eigenvalue weighted by Crippen LogP contribution is 2.33. The number of aliphatic carboxylic acids is 1. The zero-order valence-electron chi connectivity index (χ0n) is 13.7. The summed E-state index contributed by atoms with van der Waals surface area (Å²) in [6, 6.07) is 0. The van der Waals surface area contributed by atoms with Gasteiger partial charge in [0.05, 0.1) is 12.2 Å². The number of hydrogen-bond acceptors (Lipinski definition) is 4. The van der Waals surface area contributed by atoms with E-state index < -0.39 is 18.2 Å². The van der Waals surface area contributed by atoms with Gasteiger partial charge in [-0.05, 0) is 32.1 Å². The molecule has 5 nitrogen and oxygen atoms in total. The van der Waals surface area contributed by atoms with Crippen molar-refractivity contribution in [1.82, 2.24) is 0 Å². The molecule has 4 atom stereocenters. The average molecular weight is 324 g/mol. The second kappa shape index (κ2) is 10.3. The van der Waals surface area contributed by atoms with Crippen LogP contribution in [-0.2, 0) is 9.59 Å². The minimum absolute atomic E-state index is 0.0636. The Balaban J connectivity index is 2.44. The van der Waals surface area contributed by atoms with Crippen LogP contribution in [0.1, 0.15) is 51.9 Å². The van der Waals surface area contributed by atoms with E-state index in [0.717, 1.165) is 12.8 Å². The van der Waals surface area contributed by atoms with Crippen molar-refractivity contribution in [2.45, 2.75) is 64.1 Å². The summed E-state index contributed by atoms with van der Waals surface area (Å²) in [5.41, 5.74) is 0. The third-order valence-electron chi connectivity index (χ3n) is 4.27. The van der Waals surface area contributed by atoms with Crippen molar-refractivity contribution in [2.24, 2.45) is 11.8 Å². The molecule has 0 aromatic rings. The lowest BCUT2D eigenvalue weighted by Gasteiger charge is -2.16. The van der Waals surface area contributed by atoms with E-state index in [1.165, 1.54) is 0 Å². The van der Waals surface area contributed by atoms with Gasteiger partial charge in [0.15, 0.2) is 0 Å². The van der Waals surface area contributed by atoms with Crippen molar-refractivity contribution in [3.8, 4) is 0 Å². The minimum Gasteiger partial charge on any atom is -0.481 e. The molecule has 3 N–H and O–H groups in total. The van der Waals surface area contributed by atoms with Gasteiger partial charge < -0.3 is 15.3 Å². The van der Waals surface area contributed by atoms with Crippen LogP contribution in [0.3, 0.4) is 0 Å². The predicted octanol–water partition coefficient (Wildman–Crippen LogP) is 2.47. The Kier molecular flexibility index (Phi) is 8.81. The summed E-state index contributed by atoms with van der Waals surface area (Å²) in [5, 5.41) is 28.1. The van der Waals surface area contributed by atoms with Crippen molar-refractivity contribution in [2.75, 3.05) is 0 Å². The first-order valence-corrected chi connectivity index (χ1v) is 8.39. The number of carbonyl (C=O) groups is 2. The molecule has 0 bridgehead atoms. The topological polar surface area (TPSA) is 94.8 Å². The van der Waals surface area contributed by atoms with Gasteiger partial charge in [0, 0.05) is 24.7 Å². The minimum atomic E-state index is -0.775. The van der Waals surface area contributed by atoms with Crippen LogP contribution in [0, 0.1) is 11.8 Å². The Morgan fingerprint density at radius 1 is 1.35 bits per heavy atom. The Morgan fingerprint density at radius 2 is 2.09 bits per heavy atom. The fourth-order valence-electron chi connectivity index (χ4n) is 2.82. The molecule has 0 aromatic heterocycles. The number of rotatable bonds is 10. The van der Waals surface area contributed by atoms with Gasteiger partial charge in [-0.1, -0.05) is 31.2 Å². The number of hydrogen-bond donors (Lipinski definition) is 3. The van der Waals surface area contributed by atoms with Crippen LogP contribution in [0.15, 0.2) is 24.3 Å². The normalized spacial score (nSPS) is 26.4. The zero-order chi connectivity index (χ0) is 17.2. The number of unbranched alkanes of at least 4 members (excludes halogenated alkanes) is 2. The summed E-state index contributed by atoms with van der Waals surface area (Å²) in [6.07, 6.45) is 9.95. The van der Waals surface area contributed by atoms with Crippen molar-refractivity contribution in [1.29, 1.82) is 0 Å². The maximum atomic E-state index is 12.0. The molecule has 130 valence electrons. The maximum Gasteiger partial charge on any atom is 0.303 e. The highest BCUT2D eigenvalue weighted by molar-refractivity contribution is 5.84. The largest absolute Gasteiger partial charge is 0.481 e. The highest BCUT2D eigenvalue weighted by atomic mass is 16.4. The van der Waals surface area contributed by atoms with E-state index in [4.69, 9.17) is 5.11 Å². The van der Waals surface area contributed by atoms with Crippen LogP contribution in [0.25, 0.3) is 0 Å². The maximum absolute atomic E-state index is 12.0. The molecular weight excluding hydrogens is 296 g/mol. The number of ketones is 1. The summed E-state index contributed by atoms with van der Waals surface area (Å²) in [6.45, 7) is 1.87. The molecule has 1 saturated carbocycles. The van der Waals surface area contributed by atoms with Gasteiger partial charge in [0.2, 0.25) is 0 Å². The molecule has 0 saturated heterocycles. The fraction of sp³-hybridized carbons (Fsp3) is 0.667. The molecule has 1 rings (SSSR count). The van der Waals surface area contributed by atoms with Crippen LogP contribution in [0.2, 0.25) is 0 Å². The highest BCUT2D eigenvalue weighted by Gasteiger charge is 2.39. The van der Waals surface area contributed by atoms with Gasteiger partial charge in [-0.3, -0.25) is 9.59 Å². The van der Waals surface area contributed by atoms with E-state index in [0.29, 0.717) is 19.3 Å². The quantitative estimate of drug-likeness (QED) is 0.424. The molecule has 1 fully saturated rings. The Labute approximate surface area is 137 Å². The Hall–Kier alpha value is -1.46. The van der Waals surface area contributed by atoms with E-state index in [1.807, 2.05) is 19.1 Å². The lowest BCUT2D eigenvalue weighted by atomic mass is 9.90. The summed E-state index contributed by atoms with van der Waals surface area (Å²) in [4.78, 5) is 22.4. The Bertz CT molecular complexity index is 441. The smallest absolute Gasteiger partial charge is 0.303 e. The third kappa shape index (κ3) is 7.10. The molecule has 0 radical (unpaired) electrons. The van der Waals surface area contributed by atoms with Gasteiger partial charge in [0.1, 0.15) is 5.78 Å². The second-order valence-electron chi connectivity index (χ2n) is 6.13. The van der Waals surface area contributed by atoms with Crippen LogP contribution >= 0.6 is 0 Å². The van der Waals surface area contributed by atoms with E-state index >= 15 is 0 Å². The SMILES string of the molecule is CC[C@H](O)/C=C/[C@@H]1[C@H](C/C=C\CCCCC(=O)O)C(=O)C[C@@H]1O. The van der Waals surface area contributed by atoms with Crippen LogP contribution in [0.5, 0.6) is 0 Å². The summed E-state index contributed by atoms with van der Waals surface area (Å²) in [5.74, 6) is -1.18. The number of aliphatic hydroxyl groups excluding tert-OH is 2. The van der Waals surface area contributed by atoms with Gasteiger partial charge >= 0.3 is 5.97 Å². The molecular formula is C18H28O5. The molecule has 0 aromatic carbocycles. The summed E-state index contributed by atoms with van der Waals surface area (Å²) in [7, 11) is 0. The monoisotopic (exact) mass is 324 g/mol. The summed E-state index contributed by atoms with van der Waals surface area (Å²) >= 11 is 0. The molecule has 0 spiro atoms. The van der Waals surface area contributed by atoms with Crippen molar-refractivity contribution < 1.29 is 24.9 Å². The van der Waals surface area contributed by atoms with Crippen molar-refractivity contribution in [3.05, 3.63) is 24.3 Å². The zero-order valence-corrected chi connectivity index (χ0v) is 13.7. The van der Waals surface area contributed by atoms with E-state index in [9.17, 15) is 19.8 Å². The molecule has 23 heavy (non-hydrogen) atoms. The molecule has 0 aliphatic heterocycles. The first-order chi connectivity index (χ1) is 11.0. The molecule has 0 amide bonds. The van der Waals surface area contributed by atoms with Gasteiger partial charge in [0.25, 0.3) is 0 Å². The van der Waals surface area contributed by atoms with Gasteiger partial charge in [-0.2, -0.15) is 0 Å². The first kappa shape index (κ1) is 19.6. The average Bonchev–Trinajstić information content (AvgIpc) is 2.77. The number of Topliss-reactive ketones (excluding diaryl/α,β-unsaturated/α-hetero) is 1. The fourth-order valence-corrected chi connectivity index (χ4v) is 2.82. The number of allylic oxidation sites excluding steroid dienone is 2. The molecule has 0 heterocycles. The van der Waals surface area contributed by atoms with Crippen LogP contribution in [0.4, 0.5) is 0 Å². The van der Waals surface area contributed by atoms with Gasteiger partial charge in [-0.15, -0.1) is 0 Å². The predicted molar refractivity (Wildman–Crippen MR) is 87.9 cm³/mol. The number of aliphatic hydroxyl groups is 2. The van der Waals surface area contributed by atoms with Gasteiger partial charge in [-0.25, -0.2) is 0 Å². The van der Waals surface area contributed by atoms with E-state index in [-0.39, 0.29) is 30.5 Å².